The summed E-state index contributed by atoms with van der Waals surface area (Å²) in [5, 5.41) is 9.29. The molecule has 120 valence electrons. The Balaban J connectivity index is 1.74. The molecule has 2 aromatic rings. The van der Waals surface area contributed by atoms with Crippen molar-refractivity contribution in [2.24, 2.45) is 0 Å². The molecular weight excluding hydrogens is 314 g/mol. The van der Waals surface area contributed by atoms with E-state index in [0.717, 1.165) is 17.1 Å². The number of rotatable bonds is 6. The van der Waals surface area contributed by atoms with Crippen molar-refractivity contribution >= 4 is 40.5 Å². The van der Waals surface area contributed by atoms with Gasteiger partial charge in [0, 0.05) is 42.0 Å². The molecule has 0 atom stereocenters. The lowest BCUT2D eigenvalue weighted by atomic mass is 10.2. The highest BCUT2D eigenvalue weighted by Crippen LogP contribution is 2.15. The van der Waals surface area contributed by atoms with Crippen LogP contribution in [0.2, 0.25) is 5.02 Å². The van der Waals surface area contributed by atoms with Crippen molar-refractivity contribution in [3.05, 3.63) is 53.6 Å². The molecular formula is C17H18ClN3O2. The van der Waals surface area contributed by atoms with Crippen molar-refractivity contribution in [3.8, 4) is 0 Å². The number of benzene rings is 2. The fourth-order valence-electron chi connectivity index (χ4n) is 1.95. The zero-order chi connectivity index (χ0) is 16.7. The van der Waals surface area contributed by atoms with Gasteiger partial charge in [-0.25, -0.2) is 0 Å². The molecule has 0 aliphatic rings. The summed E-state index contributed by atoms with van der Waals surface area (Å²) in [7, 11) is 0. The summed E-state index contributed by atoms with van der Waals surface area (Å²) < 4.78 is 0. The number of halogens is 1. The van der Waals surface area contributed by atoms with Crippen LogP contribution in [0.25, 0.3) is 0 Å². The minimum absolute atomic E-state index is 0.0744. The highest BCUT2D eigenvalue weighted by molar-refractivity contribution is 6.30. The first-order valence-electron chi connectivity index (χ1n) is 7.20. The monoisotopic (exact) mass is 331 g/mol. The van der Waals surface area contributed by atoms with Crippen LogP contribution in [0, 0.1) is 0 Å². The molecule has 0 heterocycles. The summed E-state index contributed by atoms with van der Waals surface area (Å²) in [4.78, 5) is 22.8. The van der Waals surface area contributed by atoms with Gasteiger partial charge in [0.1, 0.15) is 0 Å². The summed E-state index contributed by atoms with van der Waals surface area (Å²) >= 11 is 5.79. The molecule has 0 bridgehead atoms. The number of amides is 2. The average molecular weight is 332 g/mol. The standard InChI is InChI=1S/C17H18ClN3O2/c1-12(22)20-15-8-6-14(7-9-15)19-11-10-17(23)21-16-4-2-13(18)3-5-16/h2-9,19H,10-11H2,1H3,(H,20,22)(H,21,23). The molecule has 2 amide bonds. The summed E-state index contributed by atoms with van der Waals surface area (Å²) in [5.74, 6) is -0.181. The molecule has 0 aliphatic heterocycles. The summed E-state index contributed by atoms with van der Waals surface area (Å²) in [6.07, 6.45) is 0.343. The Labute approximate surface area is 140 Å². The predicted molar refractivity (Wildman–Crippen MR) is 93.9 cm³/mol. The maximum absolute atomic E-state index is 11.8. The number of anilines is 3. The van der Waals surface area contributed by atoms with Crippen LogP contribution in [0.1, 0.15) is 13.3 Å². The minimum Gasteiger partial charge on any atom is -0.385 e. The topological polar surface area (TPSA) is 70.2 Å². The van der Waals surface area contributed by atoms with E-state index in [4.69, 9.17) is 11.6 Å². The van der Waals surface area contributed by atoms with Crippen molar-refractivity contribution in [1.82, 2.24) is 0 Å². The first kappa shape index (κ1) is 16.8. The number of nitrogens with one attached hydrogen (secondary N) is 3. The molecule has 0 unspecified atom stereocenters. The molecule has 0 radical (unpaired) electrons. The highest BCUT2D eigenvalue weighted by atomic mass is 35.5. The quantitative estimate of drug-likeness (QED) is 0.755. The third-order valence-electron chi connectivity index (χ3n) is 3.01. The van der Waals surface area contributed by atoms with Crippen LogP contribution in [-0.4, -0.2) is 18.4 Å². The van der Waals surface area contributed by atoms with Gasteiger partial charge in [0.15, 0.2) is 0 Å². The van der Waals surface area contributed by atoms with Crippen LogP contribution < -0.4 is 16.0 Å². The third kappa shape index (κ3) is 6.00. The van der Waals surface area contributed by atoms with Crippen molar-refractivity contribution in [2.75, 3.05) is 22.5 Å². The second-order valence-electron chi connectivity index (χ2n) is 4.99. The molecule has 3 N–H and O–H groups in total. The molecule has 2 rings (SSSR count). The molecule has 0 aliphatic carbocycles. The van der Waals surface area contributed by atoms with Crippen molar-refractivity contribution < 1.29 is 9.59 Å². The van der Waals surface area contributed by atoms with E-state index in [-0.39, 0.29) is 11.8 Å². The first-order valence-corrected chi connectivity index (χ1v) is 7.58. The maximum Gasteiger partial charge on any atom is 0.226 e. The number of hydrogen-bond donors (Lipinski definition) is 3. The van der Waals surface area contributed by atoms with E-state index >= 15 is 0 Å². The number of hydrogen-bond acceptors (Lipinski definition) is 3. The van der Waals surface area contributed by atoms with E-state index < -0.39 is 0 Å². The summed E-state index contributed by atoms with van der Waals surface area (Å²) in [5.41, 5.74) is 2.35. The molecule has 23 heavy (non-hydrogen) atoms. The molecule has 0 fully saturated rings. The van der Waals surface area contributed by atoms with Gasteiger partial charge in [-0.2, -0.15) is 0 Å². The minimum atomic E-state index is -0.107. The van der Waals surface area contributed by atoms with Gasteiger partial charge in [0.25, 0.3) is 0 Å². The SMILES string of the molecule is CC(=O)Nc1ccc(NCCC(=O)Nc2ccc(Cl)cc2)cc1. The Morgan fingerprint density at radius 1 is 0.870 bits per heavy atom. The zero-order valence-electron chi connectivity index (χ0n) is 12.7. The van der Waals surface area contributed by atoms with Gasteiger partial charge in [-0.3, -0.25) is 9.59 Å². The van der Waals surface area contributed by atoms with Gasteiger partial charge in [0.05, 0.1) is 0 Å². The molecule has 0 spiro atoms. The summed E-state index contributed by atoms with van der Waals surface area (Å²) in [6, 6.07) is 14.3. The third-order valence-corrected chi connectivity index (χ3v) is 3.27. The van der Waals surface area contributed by atoms with Crippen molar-refractivity contribution in [3.63, 3.8) is 0 Å². The van der Waals surface area contributed by atoms with E-state index in [1.807, 2.05) is 12.1 Å². The second kappa shape index (κ2) is 8.19. The lowest BCUT2D eigenvalue weighted by molar-refractivity contribution is -0.116. The first-order chi connectivity index (χ1) is 11.0. The van der Waals surface area contributed by atoms with Crippen molar-refractivity contribution in [1.29, 1.82) is 0 Å². The molecule has 0 saturated heterocycles. The van der Waals surface area contributed by atoms with Gasteiger partial charge in [-0.1, -0.05) is 11.6 Å². The Hall–Kier alpha value is -2.53. The fourth-order valence-corrected chi connectivity index (χ4v) is 2.08. The van der Waals surface area contributed by atoms with E-state index in [1.165, 1.54) is 6.92 Å². The Morgan fingerprint density at radius 2 is 1.39 bits per heavy atom. The normalized spacial score (nSPS) is 10.0. The van der Waals surface area contributed by atoms with E-state index in [1.54, 1.807) is 36.4 Å². The molecule has 0 aromatic heterocycles. The van der Waals surface area contributed by atoms with Crippen LogP contribution in [0.4, 0.5) is 17.1 Å². The van der Waals surface area contributed by atoms with Crippen molar-refractivity contribution in [2.45, 2.75) is 13.3 Å². The Bertz CT molecular complexity index is 669. The van der Waals surface area contributed by atoms with Gasteiger partial charge in [-0.05, 0) is 48.5 Å². The number of carbonyl (C=O) groups is 2. The lowest BCUT2D eigenvalue weighted by Gasteiger charge is -2.08. The Kier molecular flexibility index (Phi) is 6.00. The van der Waals surface area contributed by atoms with Gasteiger partial charge in [-0.15, -0.1) is 0 Å². The Morgan fingerprint density at radius 3 is 2.00 bits per heavy atom. The van der Waals surface area contributed by atoms with Gasteiger partial charge >= 0.3 is 0 Å². The molecule has 0 saturated carbocycles. The van der Waals surface area contributed by atoms with Crippen LogP contribution in [0.5, 0.6) is 0 Å². The van der Waals surface area contributed by atoms with E-state index in [0.29, 0.717) is 18.0 Å². The van der Waals surface area contributed by atoms with E-state index in [9.17, 15) is 9.59 Å². The van der Waals surface area contributed by atoms with Gasteiger partial charge in [0.2, 0.25) is 11.8 Å². The van der Waals surface area contributed by atoms with Crippen LogP contribution >= 0.6 is 11.6 Å². The summed E-state index contributed by atoms with van der Waals surface area (Å²) in [6.45, 7) is 1.98. The van der Waals surface area contributed by atoms with Crippen LogP contribution in [-0.2, 0) is 9.59 Å². The lowest BCUT2D eigenvalue weighted by Crippen LogP contribution is -2.16. The zero-order valence-corrected chi connectivity index (χ0v) is 13.5. The highest BCUT2D eigenvalue weighted by Gasteiger charge is 2.02. The largest absolute Gasteiger partial charge is 0.385 e. The predicted octanol–water partition coefficient (Wildman–Crippen LogP) is 3.74. The van der Waals surface area contributed by atoms with E-state index in [2.05, 4.69) is 16.0 Å². The molecule has 2 aromatic carbocycles. The smallest absolute Gasteiger partial charge is 0.226 e. The van der Waals surface area contributed by atoms with Gasteiger partial charge < -0.3 is 16.0 Å². The fraction of sp³-hybridized carbons (Fsp3) is 0.176. The molecule has 5 nitrogen and oxygen atoms in total. The average Bonchev–Trinajstić information content (AvgIpc) is 2.51. The second-order valence-corrected chi connectivity index (χ2v) is 5.43. The number of carbonyl (C=O) groups excluding carboxylic acids is 2. The molecule has 6 heteroatoms. The maximum atomic E-state index is 11.8. The van der Waals surface area contributed by atoms with Crippen LogP contribution in [0.3, 0.4) is 0 Å². The van der Waals surface area contributed by atoms with Crippen LogP contribution in [0.15, 0.2) is 48.5 Å².